The molecule has 1 aliphatic heterocycles. The van der Waals surface area contributed by atoms with Gasteiger partial charge in [-0.25, -0.2) is 0 Å². The zero-order chi connectivity index (χ0) is 13.4. The van der Waals surface area contributed by atoms with Crippen molar-refractivity contribution in [2.24, 2.45) is 0 Å². The highest BCUT2D eigenvalue weighted by molar-refractivity contribution is 5.27. The first-order valence-electron chi connectivity index (χ1n) is 7.61. The van der Waals surface area contributed by atoms with Gasteiger partial charge >= 0.3 is 0 Å². The maximum Gasteiger partial charge on any atom is 0.147 e. The van der Waals surface area contributed by atoms with Crippen LogP contribution in [0.4, 0.5) is 0 Å². The second-order valence-electron chi connectivity index (χ2n) is 5.88. The molecule has 1 aromatic carbocycles. The van der Waals surface area contributed by atoms with Crippen molar-refractivity contribution in [3.05, 3.63) is 47.5 Å². The topological polar surface area (TPSA) is 42.7 Å². The number of nitrogens with one attached hydrogen (secondary N) is 1. The molecule has 20 heavy (non-hydrogen) atoms. The molecule has 0 amide bonds. The molecule has 0 radical (unpaired) electrons. The van der Waals surface area contributed by atoms with Gasteiger partial charge in [0.05, 0.1) is 6.54 Å². The summed E-state index contributed by atoms with van der Waals surface area (Å²) in [5, 5.41) is 12.3. The minimum atomic E-state index is 0.606. The SMILES string of the molecule is c1ccc(C2CC2NCc2nnc3n2CCCC3)cc1. The van der Waals surface area contributed by atoms with Crippen LogP contribution < -0.4 is 5.32 Å². The Bertz CT molecular complexity index is 590. The van der Waals surface area contributed by atoms with Crippen molar-refractivity contribution in [3.8, 4) is 0 Å². The number of nitrogens with zero attached hydrogens (tertiary/aromatic N) is 3. The van der Waals surface area contributed by atoms with Crippen LogP contribution in [0.3, 0.4) is 0 Å². The van der Waals surface area contributed by atoms with Crippen molar-refractivity contribution in [3.63, 3.8) is 0 Å². The Morgan fingerprint density at radius 2 is 2.05 bits per heavy atom. The van der Waals surface area contributed by atoms with E-state index in [1.54, 1.807) is 0 Å². The standard InChI is InChI=1S/C16H20N4/c1-2-6-12(7-3-1)13-10-14(13)17-11-16-19-18-15-8-4-5-9-20(15)16/h1-3,6-7,13-14,17H,4-5,8-11H2. The third-order valence-electron chi connectivity index (χ3n) is 4.48. The van der Waals surface area contributed by atoms with Crippen LogP contribution >= 0.6 is 0 Å². The number of aromatic nitrogens is 3. The highest BCUT2D eigenvalue weighted by atomic mass is 15.3. The Kier molecular flexibility index (Phi) is 3.03. The summed E-state index contributed by atoms with van der Waals surface area (Å²) in [7, 11) is 0. The molecule has 2 unspecified atom stereocenters. The first-order chi connectivity index (χ1) is 9.92. The van der Waals surface area contributed by atoms with Gasteiger partial charge in [-0.3, -0.25) is 0 Å². The predicted molar refractivity (Wildman–Crippen MR) is 77.4 cm³/mol. The van der Waals surface area contributed by atoms with Crippen molar-refractivity contribution in [1.82, 2.24) is 20.1 Å². The lowest BCUT2D eigenvalue weighted by atomic mass is 10.1. The summed E-state index contributed by atoms with van der Waals surface area (Å²) in [6.45, 7) is 1.94. The lowest BCUT2D eigenvalue weighted by Gasteiger charge is -2.14. The van der Waals surface area contributed by atoms with E-state index < -0.39 is 0 Å². The van der Waals surface area contributed by atoms with Crippen molar-refractivity contribution in [2.75, 3.05) is 0 Å². The second-order valence-corrected chi connectivity index (χ2v) is 5.88. The Hall–Kier alpha value is -1.68. The maximum atomic E-state index is 4.35. The Balaban J connectivity index is 1.37. The van der Waals surface area contributed by atoms with E-state index >= 15 is 0 Å². The summed E-state index contributed by atoms with van der Waals surface area (Å²) >= 11 is 0. The zero-order valence-electron chi connectivity index (χ0n) is 11.6. The largest absolute Gasteiger partial charge is 0.314 e. The molecule has 104 valence electrons. The number of benzene rings is 1. The molecule has 4 rings (SSSR count). The number of fused-ring (bicyclic) bond motifs is 1. The first kappa shape index (κ1) is 12.1. The van der Waals surface area contributed by atoms with E-state index in [9.17, 15) is 0 Å². The van der Waals surface area contributed by atoms with Gasteiger partial charge in [-0.05, 0) is 24.8 Å². The molecule has 1 aromatic heterocycles. The van der Waals surface area contributed by atoms with Gasteiger partial charge in [0.25, 0.3) is 0 Å². The fourth-order valence-corrected chi connectivity index (χ4v) is 3.21. The lowest BCUT2D eigenvalue weighted by Crippen LogP contribution is -2.22. The van der Waals surface area contributed by atoms with Crippen LogP contribution in [0.5, 0.6) is 0 Å². The molecule has 4 heteroatoms. The minimum absolute atomic E-state index is 0.606. The van der Waals surface area contributed by atoms with Crippen molar-refractivity contribution < 1.29 is 0 Å². The Morgan fingerprint density at radius 3 is 2.95 bits per heavy atom. The van der Waals surface area contributed by atoms with Crippen molar-refractivity contribution in [1.29, 1.82) is 0 Å². The average Bonchev–Trinajstić information content (AvgIpc) is 3.18. The van der Waals surface area contributed by atoms with E-state index in [0.29, 0.717) is 12.0 Å². The molecule has 2 aromatic rings. The third kappa shape index (κ3) is 2.24. The van der Waals surface area contributed by atoms with Crippen LogP contribution in [0.2, 0.25) is 0 Å². The monoisotopic (exact) mass is 268 g/mol. The molecule has 1 saturated carbocycles. The van der Waals surface area contributed by atoms with Gasteiger partial charge in [0.1, 0.15) is 11.6 Å². The Morgan fingerprint density at radius 1 is 1.15 bits per heavy atom. The van der Waals surface area contributed by atoms with E-state index in [0.717, 1.165) is 25.3 Å². The first-order valence-corrected chi connectivity index (χ1v) is 7.61. The van der Waals surface area contributed by atoms with E-state index in [1.165, 1.54) is 30.7 Å². The number of hydrogen-bond donors (Lipinski definition) is 1. The normalized spacial score (nSPS) is 24.4. The quantitative estimate of drug-likeness (QED) is 0.925. The van der Waals surface area contributed by atoms with Crippen LogP contribution in [0.25, 0.3) is 0 Å². The number of hydrogen-bond acceptors (Lipinski definition) is 3. The molecular weight excluding hydrogens is 248 g/mol. The highest BCUT2D eigenvalue weighted by Crippen LogP contribution is 2.40. The molecule has 1 N–H and O–H groups in total. The number of aryl methyl sites for hydroxylation is 1. The number of rotatable bonds is 4. The van der Waals surface area contributed by atoms with Crippen LogP contribution in [0.15, 0.2) is 30.3 Å². The highest BCUT2D eigenvalue weighted by Gasteiger charge is 2.37. The van der Waals surface area contributed by atoms with E-state index in [2.05, 4.69) is 50.4 Å². The molecular formula is C16H20N4. The van der Waals surface area contributed by atoms with Gasteiger partial charge in [-0.1, -0.05) is 30.3 Å². The Labute approximate surface area is 119 Å². The average molecular weight is 268 g/mol. The van der Waals surface area contributed by atoms with Crippen LogP contribution in [-0.4, -0.2) is 20.8 Å². The third-order valence-corrected chi connectivity index (χ3v) is 4.48. The lowest BCUT2D eigenvalue weighted by molar-refractivity contribution is 0.496. The molecule has 1 aliphatic carbocycles. The van der Waals surface area contributed by atoms with E-state index in [1.807, 2.05) is 0 Å². The van der Waals surface area contributed by atoms with Crippen molar-refractivity contribution in [2.45, 2.75) is 50.7 Å². The van der Waals surface area contributed by atoms with Gasteiger partial charge in [-0.15, -0.1) is 10.2 Å². The van der Waals surface area contributed by atoms with Gasteiger partial charge < -0.3 is 9.88 Å². The van der Waals surface area contributed by atoms with E-state index in [4.69, 9.17) is 0 Å². The van der Waals surface area contributed by atoms with Gasteiger partial charge in [0, 0.05) is 24.9 Å². The summed E-state index contributed by atoms with van der Waals surface area (Å²) in [6, 6.07) is 11.4. The molecule has 2 heterocycles. The zero-order valence-corrected chi connectivity index (χ0v) is 11.6. The summed E-state index contributed by atoms with van der Waals surface area (Å²) in [4.78, 5) is 0. The summed E-state index contributed by atoms with van der Waals surface area (Å²) < 4.78 is 2.30. The fraction of sp³-hybridized carbons (Fsp3) is 0.500. The molecule has 2 aliphatic rings. The molecule has 2 atom stereocenters. The maximum absolute atomic E-state index is 4.35. The van der Waals surface area contributed by atoms with E-state index in [-0.39, 0.29) is 0 Å². The van der Waals surface area contributed by atoms with Gasteiger partial charge in [0.15, 0.2) is 0 Å². The van der Waals surface area contributed by atoms with Crippen LogP contribution in [0, 0.1) is 0 Å². The summed E-state index contributed by atoms with van der Waals surface area (Å²) in [6.07, 6.45) is 4.84. The molecule has 0 saturated heterocycles. The molecule has 0 spiro atoms. The van der Waals surface area contributed by atoms with Gasteiger partial charge in [0.2, 0.25) is 0 Å². The van der Waals surface area contributed by atoms with Crippen LogP contribution in [-0.2, 0) is 19.5 Å². The smallest absolute Gasteiger partial charge is 0.147 e. The predicted octanol–water partition coefficient (Wildman–Crippen LogP) is 2.26. The van der Waals surface area contributed by atoms with Crippen molar-refractivity contribution >= 4 is 0 Å². The summed E-state index contributed by atoms with van der Waals surface area (Å²) in [5.41, 5.74) is 1.45. The van der Waals surface area contributed by atoms with Crippen LogP contribution in [0.1, 0.15) is 42.4 Å². The molecule has 0 bridgehead atoms. The minimum Gasteiger partial charge on any atom is -0.314 e. The fourth-order valence-electron chi connectivity index (χ4n) is 3.21. The summed E-state index contributed by atoms with van der Waals surface area (Å²) in [5.74, 6) is 2.96. The molecule has 1 fully saturated rings. The molecule has 4 nitrogen and oxygen atoms in total. The second kappa shape index (κ2) is 5.02. The van der Waals surface area contributed by atoms with Gasteiger partial charge in [-0.2, -0.15) is 0 Å².